The minimum absolute atomic E-state index is 0.223. The fourth-order valence-corrected chi connectivity index (χ4v) is 1.90. The summed E-state index contributed by atoms with van der Waals surface area (Å²) in [5.41, 5.74) is 0. The van der Waals surface area contributed by atoms with Gasteiger partial charge in [0.1, 0.15) is 5.76 Å². The van der Waals surface area contributed by atoms with Crippen LogP contribution in [0.4, 0.5) is 0 Å². The van der Waals surface area contributed by atoms with Gasteiger partial charge in [0.2, 0.25) is 0 Å². The van der Waals surface area contributed by atoms with Crippen LogP contribution >= 0.6 is 0 Å². The Morgan fingerprint density at radius 3 is 2.65 bits per heavy atom. The summed E-state index contributed by atoms with van der Waals surface area (Å²) in [4.78, 5) is 14.1. The molecule has 1 heterocycles. The normalized spacial score (nSPS) is 12.7. The zero-order valence-electron chi connectivity index (χ0n) is 12.7. The maximum atomic E-state index is 11.9. The van der Waals surface area contributed by atoms with Crippen LogP contribution in [0.5, 0.6) is 0 Å². The van der Waals surface area contributed by atoms with Crippen molar-refractivity contribution in [2.75, 3.05) is 19.6 Å². The van der Waals surface area contributed by atoms with E-state index in [1.165, 1.54) is 0 Å². The Bertz CT molecular complexity index is 400. The van der Waals surface area contributed by atoms with Crippen LogP contribution in [0.2, 0.25) is 0 Å². The van der Waals surface area contributed by atoms with E-state index in [1.807, 2.05) is 13.0 Å². The number of nitrogens with one attached hydrogen (secondary N) is 1. The highest BCUT2D eigenvalue weighted by molar-refractivity contribution is 5.91. The molecular weight excluding hydrogens is 256 g/mol. The fourth-order valence-electron chi connectivity index (χ4n) is 1.90. The Morgan fingerprint density at radius 2 is 2.05 bits per heavy atom. The predicted molar refractivity (Wildman–Crippen MR) is 78.6 cm³/mol. The average molecular weight is 282 g/mol. The number of aliphatic hydroxyl groups is 1. The van der Waals surface area contributed by atoms with Crippen molar-refractivity contribution in [2.45, 2.75) is 46.3 Å². The first-order valence-corrected chi connectivity index (χ1v) is 7.37. The largest absolute Gasteiger partial charge is 0.455 e. The van der Waals surface area contributed by atoms with Gasteiger partial charge in [-0.2, -0.15) is 0 Å². The molecular formula is C15H26N2O3. The SMILES string of the molecule is CCC(O)CCNC(=O)c1ccc(CN(CC)CC)o1. The van der Waals surface area contributed by atoms with E-state index in [9.17, 15) is 9.90 Å². The van der Waals surface area contributed by atoms with Crippen LogP contribution in [-0.4, -0.2) is 41.7 Å². The third kappa shape index (κ3) is 5.35. The van der Waals surface area contributed by atoms with Crippen molar-refractivity contribution in [2.24, 2.45) is 0 Å². The number of carbonyl (C=O) groups is 1. The summed E-state index contributed by atoms with van der Waals surface area (Å²) >= 11 is 0. The van der Waals surface area contributed by atoms with Crippen LogP contribution in [0.15, 0.2) is 16.5 Å². The molecule has 0 saturated carbocycles. The quantitative estimate of drug-likeness (QED) is 0.727. The zero-order chi connectivity index (χ0) is 15.0. The lowest BCUT2D eigenvalue weighted by Crippen LogP contribution is -2.26. The molecule has 1 unspecified atom stereocenters. The first-order chi connectivity index (χ1) is 9.60. The van der Waals surface area contributed by atoms with Crippen LogP contribution in [0.1, 0.15) is 49.9 Å². The van der Waals surface area contributed by atoms with Crippen molar-refractivity contribution in [3.05, 3.63) is 23.7 Å². The van der Waals surface area contributed by atoms with Gasteiger partial charge in [-0.3, -0.25) is 9.69 Å². The van der Waals surface area contributed by atoms with Crippen LogP contribution in [0.25, 0.3) is 0 Å². The van der Waals surface area contributed by atoms with Crippen molar-refractivity contribution in [1.82, 2.24) is 10.2 Å². The summed E-state index contributed by atoms with van der Waals surface area (Å²) in [5, 5.41) is 12.2. The van der Waals surface area contributed by atoms with Gasteiger partial charge >= 0.3 is 0 Å². The fraction of sp³-hybridized carbons (Fsp3) is 0.667. The Labute approximate surface area is 121 Å². The molecule has 0 aromatic carbocycles. The number of hydrogen-bond donors (Lipinski definition) is 2. The molecule has 1 aromatic heterocycles. The van der Waals surface area contributed by atoms with E-state index in [-0.39, 0.29) is 12.0 Å². The van der Waals surface area contributed by atoms with Gasteiger partial charge in [-0.1, -0.05) is 20.8 Å². The maximum Gasteiger partial charge on any atom is 0.286 e. The monoisotopic (exact) mass is 282 g/mol. The zero-order valence-corrected chi connectivity index (χ0v) is 12.7. The summed E-state index contributed by atoms with van der Waals surface area (Å²) < 4.78 is 5.55. The van der Waals surface area contributed by atoms with E-state index in [1.54, 1.807) is 6.07 Å². The van der Waals surface area contributed by atoms with E-state index < -0.39 is 0 Å². The van der Waals surface area contributed by atoms with Gasteiger partial charge in [0.15, 0.2) is 5.76 Å². The molecule has 5 nitrogen and oxygen atoms in total. The Kier molecular flexibility index (Phi) is 7.33. The van der Waals surface area contributed by atoms with E-state index in [0.717, 1.165) is 25.4 Å². The first-order valence-electron chi connectivity index (χ1n) is 7.37. The molecule has 1 rings (SSSR count). The lowest BCUT2D eigenvalue weighted by Gasteiger charge is -2.15. The highest BCUT2D eigenvalue weighted by Crippen LogP contribution is 2.10. The molecule has 0 fully saturated rings. The number of hydrogen-bond acceptors (Lipinski definition) is 4. The third-order valence-electron chi connectivity index (χ3n) is 3.39. The molecule has 20 heavy (non-hydrogen) atoms. The minimum Gasteiger partial charge on any atom is -0.455 e. The minimum atomic E-state index is -0.356. The van der Waals surface area contributed by atoms with Crippen molar-refractivity contribution >= 4 is 5.91 Å². The van der Waals surface area contributed by atoms with Crippen molar-refractivity contribution in [3.63, 3.8) is 0 Å². The van der Waals surface area contributed by atoms with Gasteiger partial charge in [0.05, 0.1) is 12.6 Å². The predicted octanol–water partition coefficient (Wildman–Crippen LogP) is 2.01. The van der Waals surface area contributed by atoms with Gasteiger partial charge in [0, 0.05) is 6.54 Å². The average Bonchev–Trinajstić information content (AvgIpc) is 2.92. The lowest BCUT2D eigenvalue weighted by molar-refractivity contribution is 0.0911. The standard InChI is InChI=1S/C15H26N2O3/c1-4-12(18)9-10-16-15(19)14-8-7-13(20-14)11-17(5-2)6-3/h7-8,12,18H,4-6,9-11H2,1-3H3,(H,16,19). The number of nitrogens with zero attached hydrogens (tertiary/aromatic N) is 1. The molecule has 2 N–H and O–H groups in total. The van der Waals surface area contributed by atoms with Crippen molar-refractivity contribution in [3.8, 4) is 0 Å². The molecule has 0 aliphatic rings. The molecule has 1 atom stereocenters. The Hall–Kier alpha value is -1.33. The summed E-state index contributed by atoms with van der Waals surface area (Å²) in [6.07, 6.45) is 0.907. The third-order valence-corrected chi connectivity index (χ3v) is 3.39. The molecule has 1 amide bonds. The van der Waals surface area contributed by atoms with Crippen molar-refractivity contribution in [1.29, 1.82) is 0 Å². The second-order valence-electron chi connectivity index (χ2n) is 4.83. The van der Waals surface area contributed by atoms with E-state index in [2.05, 4.69) is 24.1 Å². The molecule has 5 heteroatoms. The van der Waals surface area contributed by atoms with Gasteiger partial charge < -0.3 is 14.8 Å². The Morgan fingerprint density at radius 1 is 1.35 bits per heavy atom. The molecule has 0 spiro atoms. The van der Waals surface area contributed by atoms with Gasteiger partial charge in [0.25, 0.3) is 5.91 Å². The van der Waals surface area contributed by atoms with Crippen LogP contribution in [0, 0.1) is 0 Å². The number of aliphatic hydroxyl groups excluding tert-OH is 1. The molecule has 0 aliphatic carbocycles. The number of rotatable bonds is 9. The highest BCUT2D eigenvalue weighted by Gasteiger charge is 2.12. The summed E-state index contributed by atoms with van der Waals surface area (Å²) in [5.74, 6) is 0.907. The highest BCUT2D eigenvalue weighted by atomic mass is 16.4. The topological polar surface area (TPSA) is 65.7 Å². The van der Waals surface area contributed by atoms with E-state index >= 15 is 0 Å². The lowest BCUT2D eigenvalue weighted by atomic mass is 10.2. The molecule has 0 aliphatic heterocycles. The van der Waals surface area contributed by atoms with Crippen LogP contribution in [-0.2, 0) is 6.54 Å². The van der Waals surface area contributed by atoms with Gasteiger partial charge in [-0.05, 0) is 38.1 Å². The number of furan rings is 1. The summed E-state index contributed by atoms with van der Waals surface area (Å²) in [6.45, 7) is 9.19. The van der Waals surface area contributed by atoms with E-state index in [4.69, 9.17) is 4.42 Å². The molecule has 0 radical (unpaired) electrons. The van der Waals surface area contributed by atoms with Gasteiger partial charge in [-0.25, -0.2) is 0 Å². The molecule has 0 saturated heterocycles. The maximum absolute atomic E-state index is 11.9. The Balaban J connectivity index is 2.43. The number of carbonyl (C=O) groups excluding carboxylic acids is 1. The molecule has 1 aromatic rings. The first kappa shape index (κ1) is 16.7. The van der Waals surface area contributed by atoms with E-state index in [0.29, 0.717) is 25.1 Å². The second-order valence-corrected chi connectivity index (χ2v) is 4.83. The smallest absolute Gasteiger partial charge is 0.286 e. The molecule has 114 valence electrons. The second kappa shape index (κ2) is 8.76. The van der Waals surface area contributed by atoms with Crippen molar-refractivity contribution < 1.29 is 14.3 Å². The number of amides is 1. The summed E-state index contributed by atoms with van der Waals surface area (Å²) in [6, 6.07) is 3.54. The van der Waals surface area contributed by atoms with Gasteiger partial charge in [-0.15, -0.1) is 0 Å². The summed E-state index contributed by atoms with van der Waals surface area (Å²) in [7, 11) is 0. The van der Waals surface area contributed by atoms with Crippen LogP contribution < -0.4 is 5.32 Å². The molecule has 0 bridgehead atoms. The van der Waals surface area contributed by atoms with Crippen LogP contribution in [0.3, 0.4) is 0 Å².